The molecule has 0 N–H and O–H groups in total. The molecule has 1 aromatic rings. The van der Waals surface area contributed by atoms with Gasteiger partial charge < -0.3 is 4.79 Å². The summed E-state index contributed by atoms with van der Waals surface area (Å²) in [5.74, 6) is -1.41. The first-order valence-electron chi connectivity index (χ1n) is 6.06. The van der Waals surface area contributed by atoms with Crippen molar-refractivity contribution in [2.75, 3.05) is 11.5 Å². The van der Waals surface area contributed by atoms with E-state index in [1.54, 1.807) is 0 Å². The summed E-state index contributed by atoms with van der Waals surface area (Å²) in [5.41, 5.74) is -0.611. The average Bonchev–Trinajstić information content (AvgIpc) is 2.70. The van der Waals surface area contributed by atoms with Crippen LogP contribution in [0.2, 0.25) is 0 Å². The van der Waals surface area contributed by atoms with E-state index >= 15 is 0 Å². The van der Waals surface area contributed by atoms with E-state index in [1.807, 2.05) is 0 Å². The van der Waals surface area contributed by atoms with Gasteiger partial charge >= 0.3 is 6.18 Å². The maximum absolute atomic E-state index is 12.7. The second-order valence-corrected chi connectivity index (χ2v) is 7.18. The van der Waals surface area contributed by atoms with E-state index in [2.05, 4.69) is 0 Å². The molecule has 0 bridgehead atoms. The van der Waals surface area contributed by atoms with E-state index in [9.17, 15) is 26.4 Å². The molecule has 1 aromatic carbocycles. The highest BCUT2D eigenvalue weighted by Gasteiger charge is 2.36. The van der Waals surface area contributed by atoms with Crippen LogP contribution in [0, 0.1) is 5.92 Å². The highest BCUT2D eigenvalue weighted by atomic mass is 32.2. The molecule has 0 aromatic heterocycles. The molecule has 1 aliphatic heterocycles. The van der Waals surface area contributed by atoms with E-state index in [4.69, 9.17) is 0 Å². The molecule has 2 atom stereocenters. The topological polar surface area (TPSA) is 51.2 Å². The number of alkyl halides is 3. The van der Waals surface area contributed by atoms with Crippen molar-refractivity contribution in [2.45, 2.75) is 18.5 Å². The molecule has 0 spiro atoms. The first-order valence-corrected chi connectivity index (χ1v) is 7.88. The zero-order valence-corrected chi connectivity index (χ0v) is 11.2. The minimum atomic E-state index is -4.48. The number of aldehydes is 1. The molecule has 0 saturated carbocycles. The lowest BCUT2D eigenvalue weighted by Gasteiger charge is -2.18. The number of sulfone groups is 1. The summed E-state index contributed by atoms with van der Waals surface area (Å²) in [7, 11) is -3.18. The Bertz CT molecular complexity index is 608. The fraction of sp³-hybridized carbons (Fsp3) is 0.462. The van der Waals surface area contributed by atoms with Gasteiger partial charge in [-0.25, -0.2) is 8.42 Å². The summed E-state index contributed by atoms with van der Waals surface area (Å²) >= 11 is 0. The molecule has 1 aliphatic rings. The summed E-state index contributed by atoms with van der Waals surface area (Å²) in [6.07, 6.45) is -3.63. The van der Waals surface area contributed by atoms with Gasteiger partial charge in [0.15, 0.2) is 9.84 Å². The van der Waals surface area contributed by atoms with Crippen LogP contribution in [-0.2, 0) is 20.8 Å². The summed E-state index contributed by atoms with van der Waals surface area (Å²) in [6, 6.07) is 4.51. The minimum Gasteiger partial charge on any atom is -0.303 e. The molecule has 1 fully saturated rings. The largest absolute Gasteiger partial charge is 0.416 e. The Hall–Kier alpha value is -1.37. The molecule has 0 amide bonds. The van der Waals surface area contributed by atoms with Crippen LogP contribution < -0.4 is 0 Å². The molecular weight excluding hydrogens is 293 g/mol. The molecule has 2 rings (SSSR count). The van der Waals surface area contributed by atoms with Crippen molar-refractivity contribution in [1.82, 2.24) is 0 Å². The smallest absolute Gasteiger partial charge is 0.303 e. The second-order valence-electron chi connectivity index (χ2n) is 4.95. The van der Waals surface area contributed by atoms with Gasteiger partial charge in [-0.3, -0.25) is 0 Å². The lowest BCUT2D eigenvalue weighted by atomic mass is 9.86. The van der Waals surface area contributed by atoms with Gasteiger partial charge in [-0.05, 0) is 24.0 Å². The van der Waals surface area contributed by atoms with Gasteiger partial charge in [0.1, 0.15) is 6.29 Å². The highest BCUT2D eigenvalue weighted by Crippen LogP contribution is 2.35. The van der Waals surface area contributed by atoms with Crippen molar-refractivity contribution in [3.63, 3.8) is 0 Å². The summed E-state index contributed by atoms with van der Waals surface area (Å²) in [6.45, 7) is 0. The van der Waals surface area contributed by atoms with Gasteiger partial charge in [-0.1, -0.05) is 18.2 Å². The zero-order valence-electron chi connectivity index (χ0n) is 10.4. The van der Waals surface area contributed by atoms with Crippen LogP contribution in [0.4, 0.5) is 13.2 Å². The number of carbonyl (C=O) groups is 1. The van der Waals surface area contributed by atoms with E-state index in [0.29, 0.717) is 12.7 Å². The fourth-order valence-electron chi connectivity index (χ4n) is 2.49. The van der Waals surface area contributed by atoms with E-state index < -0.39 is 33.4 Å². The Kier molecular flexibility index (Phi) is 3.90. The van der Waals surface area contributed by atoms with Crippen LogP contribution in [0.25, 0.3) is 0 Å². The molecule has 110 valence electrons. The van der Waals surface area contributed by atoms with Crippen molar-refractivity contribution in [3.8, 4) is 0 Å². The second kappa shape index (κ2) is 5.20. The van der Waals surface area contributed by atoms with Gasteiger partial charge in [-0.2, -0.15) is 13.2 Å². The van der Waals surface area contributed by atoms with Crippen molar-refractivity contribution in [1.29, 1.82) is 0 Å². The fourth-order valence-corrected chi connectivity index (χ4v) is 4.35. The summed E-state index contributed by atoms with van der Waals surface area (Å²) in [4.78, 5) is 11.2. The van der Waals surface area contributed by atoms with Gasteiger partial charge in [0.05, 0.1) is 17.1 Å². The normalized spacial score (nSPS) is 23.4. The summed E-state index contributed by atoms with van der Waals surface area (Å²) < 4.78 is 60.8. The molecule has 1 saturated heterocycles. The number of rotatable bonds is 3. The SMILES string of the molecule is O=CC(c1cccc(C(F)(F)F)c1)C1CCS(=O)(=O)C1. The lowest BCUT2D eigenvalue weighted by Crippen LogP contribution is -2.17. The van der Waals surface area contributed by atoms with Gasteiger partial charge in [0, 0.05) is 5.92 Å². The van der Waals surface area contributed by atoms with E-state index in [1.165, 1.54) is 12.1 Å². The van der Waals surface area contributed by atoms with Crippen molar-refractivity contribution in [2.24, 2.45) is 5.92 Å². The molecule has 7 heteroatoms. The zero-order chi connectivity index (χ0) is 15.0. The molecule has 3 nitrogen and oxygen atoms in total. The Balaban J connectivity index is 2.31. The number of hydrogen-bond donors (Lipinski definition) is 0. The summed E-state index contributed by atoms with van der Waals surface area (Å²) in [5, 5.41) is 0. The third kappa shape index (κ3) is 3.20. The molecule has 20 heavy (non-hydrogen) atoms. The number of carbonyl (C=O) groups excluding carboxylic acids is 1. The number of hydrogen-bond acceptors (Lipinski definition) is 3. The van der Waals surface area contributed by atoms with Crippen LogP contribution in [0.1, 0.15) is 23.5 Å². The van der Waals surface area contributed by atoms with Gasteiger partial charge in [0.2, 0.25) is 0 Å². The molecule has 2 unspecified atom stereocenters. The molecule has 1 heterocycles. The molecular formula is C13H13F3O3S. The molecule has 0 radical (unpaired) electrons. The van der Waals surface area contributed by atoms with E-state index in [-0.39, 0.29) is 17.1 Å². The predicted molar refractivity (Wildman–Crippen MR) is 67.0 cm³/mol. The first-order chi connectivity index (χ1) is 9.23. The number of benzene rings is 1. The Labute approximate surface area is 114 Å². The van der Waals surface area contributed by atoms with Crippen molar-refractivity contribution in [3.05, 3.63) is 35.4 Å². The van der Waals surface area contributed by atoms with Crippen molar-refractivity contribution >= 4 is 16.1 Å². The Morgan fingerprint density at radius 2 is 2.00 bits per heavy atom. The quantitative estimate of drug-likeness (QED) is 0.806. The van der Waals surface area contributed by atoms with Crippen LogP contribution in [0.15, 0.2) is 24.3 Å². The third-order valence-electron chi connectivity index (χ3n) is 3.52. The van der Waals surface area contributed by atoms with Crippen LogP contribution in [0.3, 0.4) is 0 Å². The third-order valence-corrected chi connectivity index (χ3v) is 5.31. The van der Waals surface area contributed by atoms with Crippen LogP contribution >= 0.6 is 0 Å². The maximum atomic E-state index is 12.7. The van der Waals surface area contributed by atoms with Gasteiger partial charge in [0.25, 0.3) is 0 Å². The maximum Gasteiger partial charge on any atom is 0.416 e. The minimum absolute atomic E-state index is 0.0129. The Morgan fingerprint density at radius 3 is 2.50 bits per heavy atom. The Morgan fingerprint density at radius 1 is 1.30 bits per heavy atom. The molecule has 0 aliphatic carbocycles. The van der Waals surface area contributed by atoms with Crippen molar-refractivity contribution < 1.29 is 26.4 Å². The van der Waals surface area contributed by atoms with Crippen LogP contribution in [0.5, 0.6) is 0 Å². The monoisotopic (exact) mass is 306 g/mol. The standard InChI is InChI=1S/C13H13F3O3S/c14-13(15,16)11-3-1-2-9(6-11)12(7-17)10-4-5-20(18,19)8-10/h1-3,6-7,10,12H,4-5,8H2. The van der Waals surface area contributed by atoms with Gasteiger partial charge in [-0.15, -0.1) is 0 Å². The number of halogens is 3. The highest BCUT2D eigenvalue weighted by molar-refractivity contribution is 7.91. The van der Waals surface area contributed by atoms with Crippen LogP contribution in [-0.4, -0.2) is 26.2 Å². The first kappa shape index (κ1) is 15.0. The lowest BCUT2D eigenvalue weighted by molar-refractivity contribution is -0.137. The predicted octanol–water partition coefficient (Wildman–Crippen LogP) is 2.42. The van der Waals surface area contributed by atoms with E-state index in [0.717, 1.165) is 12.1 Å². The average molecular weight is 306 g/mol.